The SMILES string of the molecule is Cc1cc(C)cc(NC(=O)Cn2ccc(=O)[nH]c2=O)c1. The molecule has 1 amide bonds. The van der Waals surface area contributed by atoms with E-state index in [1.165, 1.54) is 12.3 Å². The summed E-state index contributed by atoms with van der Waals surface area (Å²) in [5, 5.41) is 2.72. The smallest absolute Gasteiger partial charge is 0.325 e. The van der Waals surface area contributed by atoms with Crippen LogP contribution in [0.2, 0.25) is 0 Å². The Morgan fingerprint density at radius 3 is 2.45 bits per heavy atom. The summed E-state index contributed by atoms with van der Waals surface area (Å²) in [5.41, 5.74) is 1.68. The first-order valence-electron chi connectivity index (χ1n) is 6.12. The molecule has 0 aliphatic carbocycles. The molecule has 6 nitrogen and oxygen atoms in total. The van der Waals surface area contributed by atoms with Crippen LogP contribution in [0.1, 0.15) is 11.1 Å². The van der Waals surface area contributed by atoms with E-state index >= 15 is 0 Å². The zero-order valence-electron chi connectivity index (χ0n) is 11.3. The fraction of sp³-hybridized carbons (Fsp3) is 0.214. The van der Waals surface area contributed by atoms with Crippen LogP contribution in [0, 0.1) is 13.8 Å². The van der Waals surface area contributed by atoms with Gasteiger partial charge in [0, 0.05) is 18.0 Å². The van der Waals surface area contributed by atoms with Gasteiger partial charge in [0.2, 0.25) is 5.91 Å². The number of nitrogens with zero attached hydrogens (tertiary/aromatic N) is 1. The Labute approximate surface area is 115 Å². The van der Waals surface area contributed by atoms with Crippen LogP contribution in [0.5, 0.6) is 0 Å². The number of amides is 1. The maximum Gasteiger partial charge on any atom is 0.328 e. The van der Waals surface area contributed by atoms with Crippen molar-refractivity contribution in [1.82, 2.24) is 9.55 Å². The van der Waals surface area contributed by atoms with E-state index in [-0.39, 0.29) is 12.5 Å². The summed E-state index contributed by atoms with van der Waals surface area (Å²) in [6, 6.07) is 6.90. The number of nitrogens with one attached hydrogen (secondary N) is 2. The monoisotopic (exact) mass is 273 g/mol. The number of hydrogen-bond donors (Lipinski definition) is 2. The topological polar surface area (TPSA) is 84.0 Å². The Hall–Kier alpha value is -2.63. The zero-order chi connectivity index (χ0) is 14.7. The number of rotatable bonds is 3. The Balaban J connectivity index is 2.13. The first kappa shape index (κ1) is 13.8. The van der Waals surface area contributed by atoms with Gasteiger partial charge in [-0.1, -0.05) is 6.07 Å². The second-order valence-corrected chi connectivity index (χ2v) is 4.66. The first-order valence-corrected chi connectivity index (χ1v) is 6.12. The summed E-state index contributed by atoms with van der Waals surface area (Å²) in [7, 11) is 0. The highest BCUT2D eigenvalue weighted by molar-refractivity contribution is 5.90. The van der Waals surface area contributed by atoms with Crippen LogP contribution in [-0.2, 0) is 11.3 Å². The molecule has 0 fully saturated rings. The number of benzene rings is 1. The van der Waals surface area contributed by atoms with Gasteiger partial charge < -0.3 is 5.32 Å². The molecule has 0 aliphatic rings. The van der Waals surface area contributed by atoms with Crippen molar-refractivity contribution in [3.8, 4) is 0 Å². The van der Waals surface area contributed by atoms with Crippen molar-refractivity contribution < 1.29 is 4.79 Å². The van der Waals surface area contributed by atoms with Crippen molar-refractivity contribution in [2.24, 2.45) is 0 Å². The Morgan fingerprint density at radius 2 is 1.85 bits per heavy atom. The maximum absolute atomic E-state index is 11.9. The molecule has 2 N–H and O–H groups in total. The molecule has 1 aromatic heterocycles. The van der Waals surface area contributed by atoms with Crippen LogP contribution >= 0.6 is 0 Å². The molecule has 0 unspecified atom stereocenters. The Morgan fingerprint density at radius 1 is 1.20 bits per heavy atom. The number of hydrogen-bond acceptors (Lipinski definition) is 3. The second-order valence-electron chi connectivity index (χ2n) is 4.66. The molecule has 0 saturated carbocycles. The van der Waals surface area contributed by atoms with Crippen molar-refractivity contribution in [3.05, 3.63) is 62.4 Å². The number of carbonyl (C=O) groups excluding carboxylic acids is 1. The molecule has 0 aliphatic heterocycles. The molecule has 0 saturated heterocycles. The molecule has 6 heteroatoms. The van der Waals surface area contributed by atoms with Crippen molar-refractivity contribution in [2.75, 3.05) is 5.32 Å². The predicted molar refractivity (Wildman–Crippen MR) is 75.9 cm³/mol. The molecule has 0 radical (unpaired) electrons. The van der Waals surface area contributed by atoms with Crippen molar-refractivity contribution in [3.63, 3.8) is 0 Å². The molecular weight excluding hydrogens is 258 g/mol. The highest BCUT2D eigenvalue weighted by Crippen LogP contribution is 2.13. The second kappa shape index (κ2) is 5.56. The molecule has 1 aromatic carbocycles. The largest absolute Gasteiger partial charge is 0.328 e. The number of aromatic amines is 1. The van der Waals surface area contributed by atoms with E-state index in [0.29, 0.717) is 5.69 Å². The molecule has 20 heavy (non-hydrogen) atoms. The first-order chi connectivity index (χ1) is 9.44. The molecule has 0 spiro atoms. The minimum Gasteiger partial charge on any atom is -0.325 e. The highest BCUT2D eigenvalue weighted by atomic mass is 16.2. The molecule has 0 atom stereocenters. The summed E-state index contributed by atoms with van der Waals surface area (Å²) in [6.07, 6.45) is 1.29. The highest BCUT2D eigenvalue weighted by Gasteiger charge is 2.06. The number of H-pyrrole nitrogens is 1. The van der Waals surface area contributed by atoms with Gasteiger partial charge in [0.1, 0.15) is 6.54 Å². The minimum atomic E-state index is -0.604. The summed E-state index contributed by atoms with van der Waals surface area (Å²) >= 11 is 0. The Kier molecular flexibility index (Phi) is 3.84. The van der Waals surface area contributed by atoms with Crippen LogP contribution in [-0.4, -0.2) is 15.5 Å². The standard InChI is InChI=1S/C14H15N3O3/c1-9-5-10(2)7-11(6-9)15-13(19)8-17-4-3-12(18)16-14(17)20/h3-7H,8H2,1-2H3,(H,15,19)(H,16,18,20). The molecule has 104 valence electrons. The third kappa shape index (κ3) is 3.44. The van der Waals surface area contributed by atoms with Crippen LogP contribution in [0.4, 0.5) is 5.69 Å². The van der Waals surface area contributed by atoms with Gasteiger partial charge in [-0.2, -0.15) is 0 Å². The van der Waals surface area contributed by atoms with E-state index in [4.69, 9.17) is 0 Å². The van der Waals surface area contributed by atoms with Crippen molar-refractivity contribution in [1.29, 1.82) is 0 Å². The van der Waals surface area contributed by atoms with Crippen LogP contribution in [0.25, 0.3) is 0 Å². The lowest BCUT2D eigenvalue weighted by Crippen LogP contribution is -2.32. The lowest BCUT2D eigenvalue weighted by molar-refractivity contribution is -0.116. The maximum atomic E-state index is 11.9. The normalized spacial score (nSPS) is 10.3. The molecular formula is C14H15N3O3. The Bertz CT molecular complexity index is 738. The van der Waals surface area contributed by atoms with Gasteiger partial charge in [-0.25, -0.2) is 4.79 Å². The summed E-state index contributed by atoms with van der Waals surface area (Å²) in [5.74, 6) is -0.329. The fourth-order valence-corrected chi connectivity index (χ4v) is 1.97. The lowest BCUT2D eigenvalue weighted by Gasteiger charge is -2.08. The quantitative estimate of drug-likeness (QED) is 0.867. The summed E-state index contributed by atoms with van der Waals surface area (Å²) in [4.78, 5) is 36.4. The van der Waals surface area contributed by atoms with E-state index < -0.39 is 11.2 Å². The van der Waals surface area contributed by atoms with E-state index in [2.05, 4.69) is 10.3 Å². The minimum absolute atomic E-state index is 0.150. The summed E-state index contributed by atoms with van der Waals surface area (Å²) in [6.45, 7) is 3.73. The molecule has 1 heterocycles. The van der Waals surface area contributed by atoms with Gasteiger partial charge in [0.25, 0.3) is 5.56 Å². The van der Waals surface area contributed by atoms with Gasteiger partial charge in [-0.3, -0.25) is 19.1 Å². The zero-order valence-corrected chi connectivity index (χ0v) is 11.3. The lowest BCUT2D eigenvalue weighted by atomic mass is 10.1. The fourth-order valence-electron chi connectivity index (χ4n) is 1.97. The number of aromatic nitrogens is 2. The van der Waals surface area contributed by atoms with Gasteiger partial charge in [0.05, 0.1) is 0 Å². The van der Waals surface area contributed by atoms with Crippen LogP contribution in [0.15, 0.2) is 40.1 Å². The van der Waals surface area contributed by atoms with E-state index in [0.717, 1.165) is 15.7 Å². The van der Waals surface area contributed by atoms with Crippen molar-refractivity contribution >= 4 is 11.6 Å². The third-order valence-corrected chi connectivity index (χ3v) is 2.72. The average molecular weight is 273 g/mol. The number of carbonyl (C=O) groups is 1. The molecule has 2 aromatic rings. The van der Waals surface area contributed by atoms with Crippen LogP contribution in [0.3, 0.4) is 0 Å². The van der Waals surface area contributed by atoms with E-state index in [1.54, 1.807) is 0 Å². The predicted octanol–water partition coefficient (Wildman–Crippen LogP) is 0.792. The van der Waals surface area contributed by atoms with Gasteiger partial charge in [0.15, 0.2) is 0 Å². The number of anilines is 1. The molecule has 0 bridgehead atoms. The third-order valence-electron chi connectivity index (χ3n) is 2.72. The summed E-state index contributed by atoms with van der Waals surface area (Å²) < 4.78 is 1.14. The molecule has 2 rings (SSSR count). The van der Waals surface area contributed by atoms with E-state index in [1.807, 2.05) is 32.0 Å². The van der Waals surface area contributed by atoms with E-state index in [9.17, 15) is 14.4 Å². The van der Waals surface area contributed by atoms with Gasteiger partial charge in [-0.15, -0.1) is 0 Å². The van der Waals surface area contributed by atoms with Gasteiger partial charge in [-0.05, 0) is 37.1 Å². The van der Waals surface area contributed by atoms with Gasteiger partial charge >= 0.3 is 5.69 Å². The number of aryl methyl sites for hydroxylation is 2. The van der Waals surface area contributed by atoms with Crippen molar-refractivity contribution in [2.45, 2.75) is 20.4 Å². The average Bonchev–Trinajstić information content (AvgIpc) is 2.31. The van der Waals surface area contributed by atoms with Crippen LogP contribution < -0.4 is 16.6 Å².